The van der Waals surface area contributed by atoms with Crippen LogP contribution in [0.4, 0.5) is 5.69 Å². The molecular formula is C33H31N7O7. The first kappa shape index (κ1) is 31.3. The van der Waals surface area contributed by atoms with E-state index in [0.717, 1.165) is 24.1 Å². The number of allylic oxidation sites excluding steroid dienone is 3. The summed E-state index contributed by atoms with van der Waals surface area (Å²) in [4.78, 5) is 54.4. The van der Waals surface area contributed by atoms with E-state index >= 15 is 0 Å². The Balaban J connectivity index is 1.20. The van der Waals surface area contributed by atoms with Crippen LogP contribution in [0.2, 0.25) is 0 Å². The molecule has 4 atom stereocenters. The smallest absolute Gasteiger partial charge is 0.291 e. The zero-order valence-electron chi connectivity index (χ0n) is 25.0. The van der Waals surface area contributed by atoms with Crippen LogP contribution >= 0.6 is 0 Å². The maximum atomic E-state index is 13.5. The number of hydrogen-bond acceptors (Lipinski definition) is 10. The summed E-state index contributed by atoms with van der Waals surface area (Å²) in [5.74, 6) is -2.71. The number of aliphatic hydroxyl groups is 1. The van der Waals surface area contributed by atoms with E-state index in [9.17, 15) is 24.3 Å². The average Bonchev–Trinajstić information content (AvgIpc) is 3.82. The first-order valence-electron chi connectivity index (χ1n) is 14.9. The number of amides is 3. The van der Waals surface area contributed by atoms with Crippen molar-refractivity contribution < 1.29 is 28.6 Å². The Morgan fingerprint density at radius 1 is 1.04 bits per heavy atom. The van der Waals surface area contributed by atoms with Gasteiger partial charge in [-0.15, -0.1) is 10.2 Å². The van der Waals surface area contributed by atoms with E-state index in [1.165, 1.54) is 4.90 Å². The lowest BCUT2D eigenvalue weighted by atomic mass is 9.92. The van der Waals surface area contributed by atoms with Gasteiger partial charge in [0.1, 0.15) is 6.73 Å². The van der Waals surface area contributed by atoms with E-state index in [1.54, 1.807) is 48.5 Å². The molecule has 1 unspecified atom stereocenters. The lowest BCUT2D eigenvalue weighted by Gasteiger charge is -2.28. The molecule has 47 heavy (non-hydrogen) atoms. The molecule has 0 spiro atoms. The van der Waals surface area contributed by atoms with Crippen molar-refractivity contribution in [2.75, 3.05) is 18.7 Å². The Labute approximate surface area is 268 Å². The molecule has 4 aromatic rings. The number of anilines is 1. The monoisotopic (exact) mass is 637 g/mol. The summed E-state index contributed by atoms with van der Waals surface area (Å²) in [6, 6.07) is 16.1. The quantitative estimate of drug-likeness (QED) is 0.200. The number of H-pyrrole nitrogens is 1. The summed E-state index contributed by atoms with van der Waals surface area (Å²) < 4.78 is 11.2. The molecule has 2 aliphatic rings. The molecule has 14 nitrogen and oxygen atoms in total. The Morgan fingerprint density at radius 2 is 1.87 bits per heavy atom. The third-order valence-electron chi connectivity index (χ3n) is 7.89. The van der Waals surface area contributed by atoms with Crippen molar-refractivity contribution in [1.82, 2.24) is 30.8 Å². The number of aromatic amines is 1. The molecule has 1 saturated heterocycles. The van der Waals surface area contributed by atoms with E-state index in [1.807, 2.05) is 30.4 Å². The number of rotatable bonds is 10. The van der Waals surface area contributed by atoms with Crippen LogP contribution in [0.25, 0.3) is 11.4 Å². The molecular weight excluding hydrogens is 606 g/mol. The van der Waals surface area contributed by atoms with Crippen molar-refractivity contribution in [3.63, 3.8) is 0 Å². The molecule has 1 fully saturated rings. The molecule has 0 radical (unpaired) electrons. The second kappa shape index (κ2) is 14.1. The maximum Gasteiger partial charge on any atom is 0.291 e. The minimum Gasteiger partial charge on any atom is -0.445 e. The number of hydrogen-bond donors (Lipinski definition) is 4. The zero-order chi connectivity index (χ0) is 32.8. The molecule has 1 aliphatic heterocycles. The molecule has 240 valence electrons. The van der Waals surface area contributed by atoms with Gasteiger partial charge in [-0.2, -0.15) is 5.21 Å². The molecule has 3 heterocycles. The van der Waals surface area contributed by atoms with Gasteiger partial charge in [0.05, 0.1) is 18.7 Å². The Bertz CT molecular complexity index is 1860. The molecule has 3 amide bonds. The topological polar surface area (TPSA) is 193 Å². The number of benzene rings is 2. The molecule has 6 rings (SSSR count). The van der Waals surface area contributed by atoms with Crippen LogP contribution in [0.3, 0.4) is 0 Å². The highest BCUT2D eigenvalue weighted by Crippen LogP contribution is 2.26. The van der Waals surface area contributed by atoms with E-state index in [2.05, 4.69) is 31.3 Å². The second-order valence-corrected chi connectivity index (χ2v) is 11.1. The van der Waals surface area contributed by atoms with Crippen molar-refractivity contribution in [2.24, 2.45) is 5.92 Å². The molecule has 4 N–H and O–H groups in total. The number of nitrogens with zero attached hydrogens (tertiary/aromatic N) is 4. The van der Waals surface area contributed by atoms with Gasteiger partial charge >= 0.3 is 0 Å². The first-order valence-corrected chi connectivity index (χ1v) is 14.9. The fourth-order valence-electron chi connectivity index (χ4n) is 5.51. The van der Waals surface area contributed by atoms with Crippen LogP contribution in [0.15, 0.2) is 100 Å². The van der Waals surface area contributed by atoms with Gasteiger partial charge in [0.25, 0.3) is 17.7 Å². The Hall–Kier alpha value is -5.73. The van der Waals surface area contributed by atoms with Crippen LogP contribution < -0.4 is 16.1 Å². The van der Waals surface area contributed by atoms with E-state index in [-0.39, 0.29) is 30.9 Å². The predicted octanol–water partition coefficient (Wildman–Crippen LogP) is 2.09. The zero-order valence-corrected chi connectivity index (χ0v) is 25.0. The summed E-state index contributed by atoms with van der Waals surface area (Å²) >= 11 is 0. The van der Waals surface area contributed by atoms with E-state index in [0.29, 0.717) is 23.7 Å². The number of aromatic nitrogens is 4. The van der Waals surface area contributed by atoms with Gasteiger partial charge in [0, 0.05) is 29.3 Å². The van der Waals surface area contributed by atoms with Gasteiger partial charge in [0.15, 0.2) is 23.1 Å². The van der Waals surface area contributed by atoms with Gasteiger partial charge in [-0.05, 0) is 35.8 Å². The van der Waals surface area contributed by atoms with E-state index in [4.69, 9.17) is 9.15 Å². The normalized spacial score (nSPS) is 18.4. The number of tetrazole rings is 1. The van der Waals surface area contributed by atoms with Crippen LogP contribution in [0.5, 0.6) is 0 Å². The fourth-order valence-corrected chi connectivity index (χ4v) is 5.51. The summed E-state index contributed by atoms with van der Waals surface area (Å²) in [5, 5.41) is 30.2. The summed E-state index contributed by atoms with van der Waals surface area (Å²) in [6.07, 6.45) is 6.90. The minimum absolute atomic E-state index is 0.0101. The largest absolute Gasteiger partial charge is 0.445 e. The van der Waals surface area contributed by atoms with Crippen molar-refractivity contribution >= 4 is 23.4 Å². The summed E-state index contributed by atoms with van der Waals surface area (Å²) in [6.45, 7) is 0.331. The number of carbonyl (C=O) groups excluding carboxylic acids is 3. The molecule has 2 aromatic heterocycles. The minimum atomic E-state index is -1.73. The Kier molecular flexibility index (Phi) is 9.41. The number of carbonyl (C=O) groups is 3. The SMILES string of the molecule is O=C(N[C@@H](Cc1ccccc1)[C@H](O)C(=O)Nc1cccc(-c2nn[nH]n2)c1)c1cc(=O)cc(C(=O)N2COC[C@@H]2C2C=CC=CC2)o1. The van der Waals surface area contributed by atoms with E-state index < -0.39 is 41.1 Å². The highest BCUT2D eigenvalue weighted by atomic mass is 16.5. The Morgan fingerprint density at radius 3 is 2.64 bits per heavy atom. The number of aliphatic hydroxyl groups excluding tert-OH is 1. The van der Waals surface area contributed by atoms with Crippen molar-refractivity contribution in [1.29, 1.82) is 0 Å². The molecule has 2 aromatic carbocycles. The van der Waals surface area contributed by atoms with Crippen LogP contribution in [-0.2, 0) is 16.0 Å². The highest BCUT2D eigenvalue weighted by molar-refractivity contribution is 5.97. The molecule has 14 heteroatoms. The highest BCUT2D eigenvalue weighted by Gasteiger charge is 2.36. The second-order valence-electron chi connectivity index (χ2n) is 11.1. The van der Waals surface area contributed by atoms with Crippen LogP contribution in [0.1, 0.15) is 33.1 Å². The lowest BCUT2D eigenvalue weighted by Crippen LogP contribution is -2.50. The first-order chi connectivity index (χ1) is 22.9. The standard InChI is InChI=1S/C33H31N7O7/c41-24-16-27(47-28(17-24)33(45)40-19-46-18-26(40)21-10-5-2-6-11-21)31(43)35-25(14-20-8-3-1-4-9-20)29(42)32(44)34-23-13-7-12-22(15-23)30-36-38-39-37-30/h1-10,12-13,15-17,21,25-26,29,42H,11,14,18-19H2,(H,34,44)(H,35,43)(H,36,37,38,39)/t21?,25-,26+,29-/m0/s1. The maximum absolute atomic E-state index is 13.5. The third kappa shape index (κ3) is 7.40. The van der Waals surface area contributed by atoms with Gasteiger partial charge in [-0.3, -0.25) is 19.2 Å². The van der Waals surface area contributed by atoms with Gasteiger partial charge in [-0.1, -0.05) is 66.8 Å². The predicted molar refractivity (Wildman–Crippen MR) is 168 cm³/mol. The van der Waals surface area contributed by atoms with Crippen molar-refractivity contribution in [3.8, 4) is 11.4 Å². The molecule has 0 bridgehead atoms. The number of nitrogens with one attached hydrogen (secondary N) is 3. The van der Waals surface area contributed by atoms with Gasteiger partial charge < -0.3 is 29.8 Å². The molecule has 1 aliphatic carbocycles. The van der Waals surface area contributed by atoms with Crippen molar-refractivity contribution in [2.45, 2.75) is 31.0 Å². The third-order valence-corrected chi connectivity index (χ3v) is 7.89. The molecule has 0 saturated carbocycles. The van der Waals surface area contributed by atoms with Gasteiger partial charge in [0.2, 0.25) is 5.82 Å². The summed E-state index contributed by atoms with van der Waals surface area (Å²) in [7, 11) is 0. The van der Waals surface area contributed by atoms with Crippen LogP contribution in [0, 0.1) is 5.92 Å². The number of ether oxygens (including phenoxy) is 1. The summed E-state index contributed by atoms with van der Waals surface area (Å²) in [5.41, 5.74) is 1.02. The fraction of sp³-hybridized carbons (Fsp3) is 0.242. The van der Waals surface area contributed by atoms with Crippen molar-refractivity contribution in [3.05, 3.63) is 118 Å². The van der Waals surface area contributed by atoms with Gasteiger partial charge in [-0.25, -0.2) is 0 Å². The average molecular weight is 638 g/mol. The lowest BCUT2D eigenvalue weighted by molar-refractivity contribution is -0.125. The van der Waals surface area contributed by atoms with Crippen LogP contribution in [-0.4, -0.2) is 79.9 Å².